The highest BCUT2D eigenvalue weighted by Crippen LogP contribution is 2.29. The summed E-state index contributed by atoms with van der Waals surface area (Å²) in [5.74, 6) is -0.647. The molecule has 0 bridgehead atoms. The molecule has 2 amide bonds. The van der Waals surface area contributed by atoms with Gasteiger partial charge in [-0.3, -0.25) is 13.9 Å². The van der Waals surface area contributed by atoms with Crippen LogP contribution in [0.1, 0.15) is 59.1 Å². The van der Waals surface area contributed by atoms with Gasteiger partial charge >= 0.3 is 0 Å². The molecule has 0 saturated carbocycles. The largest absolute Gasteiger partial charge is 0.354 e. The molecule has 0 spiro atoms. The van der Waals surface area contributed by atoms with Crippen molar-refractivity contribution in [3.63, 3.8) is 0 Å². The number of halogens is 2. The second-order valence-electron chi connectivity index (χ2n) is 10.9. The third kappa shape index (κ3) is 8.61. The highest BCUT2D eigenvalue weighted by molar-refractivity contribution is 7.92. The van der Waals surface area contributed by atoms with E-state index in [1.807, 2.05) is 26.0 Å². The maximum atomic E-state index is 13.8. The Labute approximate surface area is 237 Å². The Bertz CT molecular complexity index is 1210. The van der Waals surface area contributed by atoms with Gasteiger partial charge in [0.25, 0.3) is 0 Å². The fourth-order valence-electron chi connectivity index (χ4n) is 3.94. The van der Waals surface area contributed by atoms with E-state index in [2.05, 4.69) is 26.1 Å². The molecule has 0 aliphatic rings. The summed E-state index contributed by atoms with van der Waals surface area (Å²) in [6.07, 6.45) is 1.37. The quantitative estimate of drug-likeness (QED) is 0.371. The van der Waals surface area contributed by atoms with Crippen molar-refractivity contribution in [2.24, 2.45) is 5.92 Å². The number of sulfonamides is 1. The van der Waals surface area contributed by atoms with Gasteiger partial charge in [0, 0.05) is 28.7 Å². The minimum absolute atomic E-state index is 0.0501. The van der Waals surface area contributed by atoms with E-state index in [9.17, 15) is 18.0 Å². The zero-order chi connectivity index (χ0) is 28.8. The van der Waals surface area contributed by atoms with Crippen LogP contribution in [0.3, 0.4) is 0 Å². The van der Waals surface area contributed by atoms with Gasteiger partial charge in [-0.2, -0.15) is 0 Å². The van der Waals surface area contributed by atoms with E-state index in [1.165, 1.54) is 4.90 Å². The molecule has 2 rings (SSSR count). The van der Waals surface area contributed by atoms with Crippen molar-refractivity contribution >= 4 is 50.7 Å². The van der Waals surface area contributed by atoms with Crippen molar-refractivity contribution in [3.8, 4) is 0 Å². The molecular formula is C28H39Cl2N3O4S. The van der Waals surface area contributed by atoms with Gasteiger partial charge in [-0.25, -0.2) is 8.42 Å². The lowest BCUT2D eigenvalue weighted by molar-refractivity contribution is -0.140. The molecule has 0 unspecified atom stereocenters. The van der Waals surface area contributed by atoms with Gasteiger partial charge < -0.3 is 10.2 Å². The second kappa shape index (κ2) is 13.2. The Hall–Kier alpha value is -2.29. The van der Waals surface area contributed by atoms with E-state index in [-0.39, 0.29) is 23.8 Å². The zero-order valence-corrected chi connectivity index (χ0v) is 25.5. The van der Waals surface area contributed by atoms with Gasteiger partial charge in [0.15, 0.2) is 0 Å². The van der Waals surface area contributed by atoms with Crippen LogP contribution in [0.4, 0.5) is 5.69 Å². The summed E-state index contributed by atoms with van der Waals surface area (Å²) < 4.78 is 26.7. The van der Waals surface area contributed by atoms with Crippen molar-refractivity contribution in [1.29, 1.82) is 0 Å². The number of hydrogen-bond acceptors (Lipinski definition) is 4. The summed E-state index contributed by atoms with van der Waals surface area (Å²) in [6, 6.07) is 11.3. The number of benzene rings is 2. The Balaban J connectivity index is 2.49. The molecule has 0 saturated heterocycles. The lowest BCUT2D eigenvalue weighted by Crippen LogP contribution is -2.52. The number of nitrogens with zero attached hydrogens (tertiary/aromatic N) is 2. The van der Waals surface area contributed by atoms with E-state index in [0.717, 1.165) is 16.1 Å². The molecule has 0 aromatic heterocycles. The normalized spacial score (nSPS) is 12.8. The maximum Gasteiger partial charge on any atom is 0.244 e. The van der Waals surface area contributed by atoms with E-state index in [0.29, 0.717) is 34.3 Å². The number of anilines is 1. The van der Waals surface area contributed by atoms with Crippen LogP contribution in [0.5, 0.6) is 0 Å². The van der Waals surface area contributed by atoms with Crippen molar-refractivity contribution in [3.05, 3.63) is 63.6 Å². The molecule has 7 nitrogen and oxygen atoms in total. The molecule has 0 radical (unpaired) electrons. The third-order valence-corrected chi connectivity index (χ3v) is 8.01. The van der Waals surface area contributed by atoms with Crippen molar-refractivity contribution < 1.29 is 18.0 Å². The number of carbonyl (C=O) groups excluding carboxylic acids is 2. The summed E-state index contributed by atoms with van der Waals surface area (Å²) >= 11 is 12.8. The Kier molecular flexibility index (Phi) is 11.1. The van der Waals surface area contributed by atoms with Gasteiger partial charge in [0.1, 0.15) is 12.6 Å². The molecule has 0 aliphatic carbocycles. The molecular weight excluding hydrogens is 545 g/mol. The van der Waals surface area contributed by atoms with Gasteiger partial charge in [-0.1, -0.05) is 82.9 Å². The molecule has 2 aromatic carbocycles. The van der Waals surface area contributed by atoms with Crippen LogP contribution in [0.15, 0.2) is 42.5 Å². The van der Waals surface area contributed by atoms with Crippen LogP contribution in [0.25, 0.3) is 0 Å². The molecule has 0 fully saturated rings. The monoisotopic (exact) mass is 583 g/mol. The number of amides is 2. The predicted octanol–water partition coefficient (Wildman–Crippen LogP) is 5.64. The standard InChI is InChI=1S/C28H39Cl2N3O4S/c1-8-25(27(35)31-16-19(2)3)32(17-22-23(29)10-9-11-24(22)30)26(34)18-33(38(7,36)37)21-14-12-20(13-15-21)28(4,5)6/h9-15,19,25H,8,16-18H2,1-7H3,(H,31,35)/t25-/m1/s1. The maximum absolute atomic E-state index is 13.8. The highest BCUT2D eigenvalue weighted by Gasteiger charge is 2.32. The van der Waals surface area contributed by atoms with Gasteiger partial charge in [-0.15, -0.1) is 0 Å². The first-order valence-corrected chi connectivity index (χ1v) is 15.2. The lowest BCUT2D eigenvalue weighted by Gasteiger charge is -2.33. The fourth-order valence-corrected chi connectivity index (χ4v) is 5.30. The van der Waals surface area contributed by atoms with Crippen molar-refractivity contribution in [2.45, 2.75) is 66.0 Å². The van der Waals surface area contributed by atoms with E-state index in [1.54, 1.807) is 37.3 Å². The summed E-state index contributed by atoms with van der Waals surface area (Å²) in [5.41, 5.74) is 1.76. The second-order valence-corrected chi connectivity index (χ2v) is 13.6. The van der Waals surface area contributed by atoms with Crippen LogP contribution in [-0.4, -0.2) is 50.5 Å². The van der Waals surface area contributed by atoms with E-state index < -0.39 is 28.5 Å². The fraction of sp³-hybridized carbons (Fsp3) is 0.500. The number of rotatable bonds is 11. The van der Waals surface area contributed by atoms with Crippen LogP contribution in [-0.2, 0) is 31.6 Å². The average molecular weight is 585 g/mol. The third-order valence-electron chi connectivity index (χ3n) is 6.16. The molecule has 10 heteroatoms. The zero-order valence-electron chi connectivity index (χ0n) is 23.2. The molecule has 1 atom stereocenters. The molecule has 2 aromatic rings. The van der Waals surface area contributed by atoms with Crippen LogP contribution >= 0.6 is 23.2 Å². The smallest absolute Gasteiger partial charge is 0.244 e. The predicted molar refractivity (Wildman–Crippen MR) is 156 cm³/mol. The van der Waals surface area contributed by atoms with Gasteiger partial charge in [0.2, 0.25) is 21.8 Å². The molecule has 0 heterocycles. The Morgan fingerprint density at radius 3 is 2.00 bits per heavy atom. The minimum atomic E-state index is -3.83. The number of hydrogen-bond donors (Lipinski definition) is 1. The Morgan fingerprint density at radius 1 is 1.00 bits per heavy atom. The van der Waals surface area contributed by atoms with Gasteiger partial charge in [0.05, 0.1) is 11.9 Å². The first-order valence-electron chi connectivity index (χ1n) is 12.6. The van der Waals surface area contributed by atoms with Gasteiger partial charge in [-0.05, 0) is 47.6 Å². The Morgan fingerprint density at radius 2 is 1.55 bits per heavy atom. The van der Waals surface area contributed by atoms with Crippen LogP contribution in [0, 0.1) is 5.92 Å². The topological polar surface area (TPSA) is 86.8 Å². The molecule has 1 N–H and O–H groups in total. The first-order chi connectivity index (χ1) is 17.6. The SMILES string of the molecule is CC[C@H](C(=O)NCC(C)C)N(Cc1c(Cl)cccc1Cl)C(=O)CN(c1ccc(C(C)(C)C)cc1)S(C)(=O)=O. The molecule has 38 heavy (non-hydrogen) atoms. The van der Waals surface area contributed by atoms with E-state index >= 15 is 0 Å². The summed E-state index contributed by atoms with van der Waals surface area (Å²) in [6.45, 7) is 11.8. The summed E-state index contributed by atoms with van der Waals surface area (Å²) in [5, 5.41) is 3.59. The number of nitrogens with one attached hydrogen (secondary N) is 1. The van der Waals surface area contributed by atoms with E-state index in [4.69, 9.17) is 23.2 Å². The van der Waals surface area contributed by atoms with Crippen molar-refractivity contribution in [2.75, 3.05) is 23.7 Å². The first kappa shape index (κ1) is 31.9. The van der Waals surface area contributed by atoms with Crippen LogP contribution < -0.4 is 9.62 Å². The van der Waals surface area contributed by atoms with Crippen LogP contribution in [0.2, 0.25) is 10.0 Å². The summed E-state index contributed by atoms with van der Waals surface area (Å²) in [7, 11) is -3.83. The highest BCUT2D eigenvalue weighted by atomic mass is 35.5. The summed E-state index contributed by atoms with van der Waals surface area (Å²) in [4.78, 5) is 28.4. The average Bonchev–Trinajstić information content (AvgIpc) is 2.81. The molecule has 0 aliphatic heterocycles. The minimum Gasteiger partial charge on any atom is -0.354 e. The van der Waals surface area contributed by atoms with Crippen molar-refractivity contribution in [1.82, 2.24) is 10.2 Å². The molecule has 210 valence electrons. The number of carbonyl (C=O) groups is 2. The lowest BCUT2D eigenvalue weighted by atomic mass is 9.87.